The normalized spacial score (nSPS) is 15.4. The first kappa shape index (κ1) is 21.5. The number of amides is 1. The molecule has 0 spiro atoms. The first-order valence-corrected chi connectivity index (χ1v) is 11.8. The summed E-state index contributed by atoms with van der Waals surface area (Å²) in [5, 5.41) is 7.68. The van der Waals surface area contributed by atoms with Gasteiger partial charge >= 0.3 is 0 Å². The molecule has 0 radical (unpaired) electrons. The molecule has 8 nitrogen and oxygen atoms in total. The SMILES string of the molecule is O=C(CCc1nc(-c2ccsc2)no1)N1CCN(S(=O)(=O)c2c(F)cccc2F)CC1. The number of aryl methyl sites for hydroxylation is 1. The van der Waals surface area contributed by atoms with Gasteiger partial charge in [0.25, 0.3) is 0 Å². The molecule has 31 heavy (non-hydrogen) atoms. The second-order valence-corrected chi connectivity index (χ2v) is 9.51. The zero-order valence-electron chi connectivity index (χ0n) is 16.2. The maximum atomic E-state index is 13.9. The summed E-state index contributed by atoms with van der Waals surface area (Å²) >= 11 is 1.51. The summed E-state index contributed by atoms with van der Waals surface area (Å²) in [6.45, 7) is 0.145. The van der Waals surface area contributed by atoms with Crippen LogP contribution in [-0.2, 0) is 21.2 Å². The summed E-state index contributed by atoms with van der Waals surface area (Å²) in [5.74, 6) is -1.67. The van der Waals surface area contributed by atoms with Crippen molar-refractivity contribution in [3.8, 4) is 11.4 Å². The number of piperazine rings is 1. The molecule has 1 aliphatic heterocycles. The van der Waals surface area contributed by atoms with Gasteiger partial charge in [-0.05, 0) is 23.6 Å². The first-order valence-electron chi connectivity index (χ1n) is 9.43. The first-order chi connectivity index (χ1) is 14.9. The molecule has 0 saturated carbocycles. The van der Waals surface area contributed by atoms with Crippen LogP contribution in [0.15, 0.2) is 44.4 Å². The number of aromatic nitrogens is 2. The number of hydrogen-bond acceptors (Lipinski definition) is 7. The van der Waals surface area contributed by atoms with Gasteiger partial charge in [-0.1, -0.05) is 11.2 Å². The highest BCUT2D eigenvalue weighted by molar-refractivity contribution is 7.89. The highest BCUT2D eigenvalue weighted by Gasteiger charge is 2.34. The summed E-state index contributed by atoms with van der Waals surface area (Å²) in [6.07, 6.45) is 0.384. The molecular weight excluding hydrogens is 450 g/mol. The van der Waals surface area contributed by atoms with Gasteiger partial charge in [0.2, 0.25) is 27.6 Å². The van der Waals surface area contributed by atoms with Gasteiger partial charge in [-0.3, -0.25) is 4.79 Å². The lowest BCUT2D eigenvalue weighted by Gasteiger charge is -2.34. The molecule has 0 N–H and O–H groups in total. The Morgan fingerprint density at radius 3 is 2.48 bits per heavy atom. The fraction of sp³-hybridized carbons (Fsp3) is 0.316. The van der Waals surface area contributed by atoms with Crippen LogP contribution < -0.4 is 0 Å². The van der Waals surface area contributed by atoms with Crippen LogP contribution in [0.1, 0.15) is 12.3 Å². The predicted octanol–water partition coefficient (Wildman–Crippen LogP) is 2.54. The third-order valence-corrected chi connectivity index (χ3v) is 7.54. The predicted molar refractivity (Wildman–Crippen MR) is 108 cm³/mol. The van der Waals surface area contributed by atoms with Crippen molar-refractivity contribution in [2.24, 2.45) is 0 Å². The van der Waals surface area contributed by atoms with Crippen LogP contribution >= 0.6 is 11.3 Å². The Morgan fingerprint density at radius 1 is 1.13 bits per heavy atom. The summed E-state index contributed by atoms with van der Waals surface area (Å²) < 4.78 is 59.3. The molecule has 0 atom stereocenters. The number of sulfonamides is 1. The average Bonchev–Trinajstić information content (AvgIpc) is 3.43. The van der Waals surface area contributed by atoms with E-state index >= 15 is 0 Å². The van der Waals surface area contributed by atoms with E-state index in [4.69, 9.17) is 4.52 Å². The van der Waals surface area contributed by atoms with Crippen LogP contribution in [0, 0.1) is 11.6 Å². The highest BCUT2D eigenvalue weighted by Crippen LogP contribution is 2.24. The van der Waals surface area contributed by atoms with Crippen molar-refractivity contribution in [3.63, 3.8) is 0 Å². The van der Waals surface area contributed by atoms with E-state index in [1.54, 1.807) is 0 Å². The Hall–Kier alpha value is -2.70. The van der Waals surface area contributed by atoms with Crippen LogP contribution in [0.4, 0.5) is 8.78 Å². The van der Waals surface area contributed by atoms with E-state index in [-0.39, 0.29) is 44.9 Å². The number of thiophene rings is 1. The third kappa shape index (κ3) is 4.50. The number of halogens is 2. The smallest absolute Gasteiger partial charge is 0.249 e. The molecule has 1 saturated heterocycles. The molecule has 164 valence electrons. The minimum Gasteiger partial charge on any atom is -0.340 e. The van der Waals surface area contributed by atoms with E-state index in [1.165, 1.54) is 16.2 Å². The van der Waals surface area contributed by atoms with Crippen molar-refractivity contribution in [2.45, 2.75) is 17.7 Å². The molecule has 1 amide bonds. The summed E-state index contributed by atoms with van der Waals surface area (Å²) in [4.78, 5) is 17.3. The van der Waals surface area contributed by atoms with Crippen molar-refractivity contribution in [1.82, 2.24) is 19.3 Å². The topological polar surface area (TPSA) is 96.6 Å². The Balaban J connectivity index is 1.33. The summed E-state index contributed by atoms with van der Waals surface area (Å²) in [5.41, 5.74) is 0.843. The van der Waals surface area contributed by atoms with E-state index in [0.717, 1.165) is 28.1 Å². The number of hydrogen-bond donors (Lipinski definition) is 0. The second kappa shape index (κ2) is 8.81. The Morgan fingerprint density at radius 2 is 1.84 bits per heavy atom. The monoisotopic (exact) mass is 468 g/mol. The maximum absolute atomic E-state index is 13.9. The fourth-order valence-corrected chi connectivity index (χ4v) is 5.44. The molecular formula is C19H18F2N4O4S2. The number of rotatable bonds is 6. The van der Waals surface area contributed by atoms with Crippen LogP contribution in [0.3, 0.4) is 0 Å². The standard InChI is InChI=1S/C19H18F2N4O4S2/c20-14-2-1-3-15(21)18(14)31(27,28)25-9-7-24(8-10-25)17(26)5-4-16-22-19(23-29-16)13-6-11-30-12-13/h1-3,6,11-12H,4-5,7-10H2. The van der Waals surface area contributed by atoms with Crippen molar-refractivity contribution in [3.05, 3.63) is 52.6 Å². The van der Waals surface area contributed by atoms with E-state index < -0.39 is 26.6 Å². The Bertz CT molecular complexity index is 1150. The quantitative estimate of drug-likeness (QED) is 0.552. The van der Waals surface area contributed by atoms with Crippen molar-refractivity contribution >= 4 is 27.3 Å². The Labute approximate surface area is 181 Å². The molecule has 0 unspecified atom stereocenters. The third-order valence-electron chi connectivity index (χ3n) is 4.91. The van der Waals surface area contributed by atoms with Gasteiger partial charge in [-0.25, -0.2) is 17.2 Å². The summed E-state index contributed by atoms with van der Waals surface area (Å²) in [6, 6.07) is 4.77. The molecule has 0 aliphatic carbocycles. The molecule has 1 fully saturated rings. The molecule has 12 heteroatoms. The van der Waals surface area contributed by atoms with Gasteiger partial charge in [-0.2, -0.15) is 20.6 Å². The van der Waals surface area contributed by atoms with E-state index in [0.29, 0.717) is 11.7 Å². The van der Waals surface area contributed by atoms with E-state index in [9.17, 15) is 22.0 Å². The lowest BCUT2D eigenvalue weighted by molar-refractivity contribution is -0.132. The van der Waals surface area contributed by atoms with E-state index in [2.05, 4.69) is 10.1 Å². The molecule has 1 aliphatic rings. The lowest BCUT2D eigenvalue weighted by atomic mass is 10.2. The summed E-state index contributed by atoms with van der Waals surface area (Å²) in [7, 11) is -4.33. The zero-order valence-corrected chi connectivity index (χ0v) is 17.8. The highest BCUT2D eigenvalue weighted by atomic mass is 32.2. The second-order valence-electron chi connectivity index (χ2n) is 6.86. The number of benzene rings is 1. The molecule has 3 heterocycles. The van der Waals surface area contributed by atoms with Gasteiger partial charge in [0.15, 0.2) is 4.90 Å². The van der Waals surface area contributed by atoms with Gasteiger partial charge in [-0.15, -0.1) is 0 Å². The van der Waals surface area contributed by atoms with Crippen molar-refractivity contribution < 1.29 is 26.5 Å². The number of carbonyl (C=O) groups is 1. The van der Waals surface area contributed by atoms with Gasteiger partial charge in [0.05, 0.1) is 0 Å². The van der Waals surface area contributed by atoms with Crippen LogP contribution in [0.25, 0.3) is 11.4 Å². The minimum atomic E-state index is -4.33. The fourth-order valence-electron chi connectivity index (χ4n) is 3.27. The van der Waals surface area contributed by atoms with Crippen molar-refractivity contribution in [2.75, 3.05) is 26.2 Å². The van der Waals surface area contributed by atoms with Crippen molar-refractivity contribution in [1.29, 1.82) is 0 Å². The molecule has 3 aromatic rings. The maximum Gasteiger partial charge on any atom is 0.249 e. The minimum absolute atomic E-state index is 0.0509. The number of nitrogens with zero attached hydrogens (tertiary/aromatic N) is 4. The molecule has 1 aromatic carbocycles. The van der Waals surface area contributed by atoms with E-state index in [1.807, 2.05) is 16.8 Å². The Kier molecular flexibility index (Phi) is 6.12. The average molecular weight is 469 g/mol. The van der Waals surface area contributed by atoms with Crippen LogP contribution in [0.5, 0.6) is 0 Å². The van der Waals surface area contributed by atoms with Crippen LogP contribution in [-0.4, -0.2) is 59.8 Å². The van der Waals surface area contributed by atoms with Gasteiger partial charge < -0.3 is 9.42 Å². The van der Waals surface area contributed by atoms with Gasteiger partial charge in [0, 0.05) is 50.0 Å². The molecule has 2 aromatic heterocycles. The molecule has 4 rings (SSSR count). The molecule has 0 bridgehead atoms. The largest absolute Gasteiger partial charge is 0.340 e. The van der Waals surface area contributed by atoms with Crippen LogP contribution in [0.2, 0.25) is 0 Å². The van der Waals surface area contributed by atoms with Gasteiger partial charge in [0.1, 0.15) is 11.6 Å². The number of carbonyl (C=O) groups excluding carboxylic acids is 1. The zero-order chi connectivity index (χ0) is 22.0. The lowest BCUT2D eigenvalue weighted by Crippen LogP contribution is -2.50.